The maximum absolute atomic E-state index is 10.7. The van der Waals surface area contributed by atoms with Crippen molar-refractivity contribution in [3.63, 3.8) is 0 Å². The van der Waals surface area contributed by atoms with E-state index in [2.05, 4.69) is 36.9 Å². The molecule has 4 heteroatoms. The van der Waals surface area contributed by atoms with Crippen LogP contribution >= 0.6 is 0 Å². The van der Waals surface area contributed by atoms with E-state index in [9.17, 15) is 4.79 Å². The molecule has 0 aromatic heterocycles. The minimum absolute atomic E-state index is 0.300. The van der Waals surface area contributed by atoms with Crippen molar-refractivity contribution < 1.29 is 14.6 Å². The zero-order valence-electron chi connectivity index (χ0n) is 14.4. The summed E-state index contributed by atoms with van der Waals surface area (Å²) in [7, 11) is 0. The number of carboxylic acid groups (broad SMARTS) is 1. The number of nitrogens with zero attached hydrogens (tertiary/aromatic N) is 1. The summed E-state index contributed by atoms with van der Waals surface area (Å²) in [5.41, 5.74) is 2.47. The zero-order chi connectivity index (χ0) is 16.7. The minimum Gasteiger partial charge on any atom is -0.494 e. The number of piperidine rings is 1. The number of carbonyl (C=O) groups is 1. The van der Waals surface area contributed by atoms with Gasteiger partial charge in [-0.25, -0.2) is 0 Å². The fraction of sp³-hybridized carbons (Fsp3) is 0.632. The first-order valence-electron chi connectivity index (χ1n) is 8.68. The lowest BCUT2D eigenvalue weighted by Crippen LogP contribution is -2.36. The minimum atomic E-state index is -0.677. The third-order valence-corrected chi connectivity index (χ3v) is 4.45. The molecule has 1 heterocycles. The Morgan fingerprint density at radius 1 is 1.30 bits per heavy atom. The number of carboxylic acids is 1. The van der Waals surface area contributed by atoms with Crippen molar-refractivity contribution in [1.82, 2.24) is 4.90 Å². The second kappa shape index (κ2) is 8.92. The average Bonchev–Trinajstić information content (AvgIpc) is 2.49. The van der Waals surface area contributed by atoms with Crippen LogP contribution in [0, 0.1) is 19.8 Å². The van der Waals surface area contributed by atoms with Crippen LogP contribution in [0.5, 0.6) is 5.75 Å². The van der Waals surface area contributed by atoms with Crippen molar-refractivity contribution in [3.8, 4) is 5.75 Å². The molecule has 1 aliphatic heterocycles. The Labute approximate surface area is 139 Å². The number of rotatable bonds is 8. The predicted molar refractivity (Wildman–Crippen MR) is 92.1 cm³/mol. The summed E-state index contributed by atoms with van der Waals surface area (Å²) in [5, 5.41) is 8.80. The third kappa shape index (κ3) is 6.61. The second-order valence-corrected chi connectivity index (χ2v) is 6.77. The topological polar surface area (TPSA) is 49.8 Å². The van der Waals surface area contributed by atoms with Crippen LogP contribution in [-0.2, 0) is 4.79 Å². The monoisotopic (exact) mass is 319 g/mol. The van der Waals surface area contributed by atoms with Crippen molar-refractivity contribution in [3.05, 3.63) is 29.3 Å². The fourth-order valence-corrected chi connectivity index (χ4v) is 3.41. The van der Waals surface area contributed by atoms with Gasteiger partial charge >= 0.3 is 5.97 Å². The van der Waals surface area contributed by atoms with Gasteiger partial charge in [0.25, 0.3) is 0 Å². The predicted octanol–water partition coefficient (Wildman–Crippen LogP) is 3.65. The van der Waals surface area contributed by atoms with E-state index < -0.39 is 5.97 Å². The molecule has 1 atom stereocenters. The van der Waals surface area contributed by atoms with E-state index in [1.807, 2.05) is 0 Å². The Morgan fingerprint density at radius 2 is 2.04 bits per heavy atom. The number of hydrogen-bond acceptors (Lipinski definition) is 3. The van der Waals surface area contributed by atoms with E-state index >= 15 is 0 Å². The molecule has 1 saturated heterocycles. The third-order valence-electron chi connectivity index (χ3n) is 4.45. The lowest BCUT2D eigenvalue weighted by molar-refractivity contribution is -0.137. The zero-order valence-corrected chi connectivity index (χ0v) is 14.4. The number of aryl methyl sites for hydroxylation is 2. The van der Waals surface area contributed by atoms with Crippen LogP contribution in [0.25, 0.3) is 0 Å². The highest BCUT2D eigenvalue weighted by atomic mass is 16.5. The summed E-state index contributed by atoms with van der Waals surface area (Å²) >= 11 is 0. The maximum atomic E-state index is 10.7. The Balaban J connectivity index is 1.66. The summed E-state index contributed by atoms with van der Waals surface area (Å²) < 4.78 is 5.86. The van der Waals surface area contributed by atoms with Crippen LogP contribution in [0.15, 0.2) is 18.2 Å². The van der Waals surface area contributed by atoms with Gasteiger partial charge in [0.05, 0.1) is 6.61 Å². The van der Waals surface area contributed by atoms with E-state index in [-0.39, 0.29) is 0 Å². The lowest BCUT2D eigenvalue weighted by atomic mass is 9.93. The molecule has 1 aromatic rings. The molecule has 0 bridgehead atoms. The van der Waals surface area contributed by atoms with Gasteiger partial charge in [0.15, 0.2) is 0 Å². The molecule has 4 nitrogen and oxygen atoms in total. The first-order valence-corrected chi connectivity index (χ1v) is 8.68. The summed E-state index contributed by atoms with van der Waals surface area (Å²) in [4.78, 5) is 13.1. The van der Waals surface area contributed by atoms with Crippen LogP contribution in [0.3, 0.4) is 0 Å². The molecule has 1 unspecified atom stereocenters. The van der Waals surface area contributed by atoms with Gasteiger partial charge in [-0.2, -0.15) is 0 Å². The largest absolute Gasteiger partial charge is 0.494 e. The number of likely N-dealkylation sites (tertiary alicyclic amines) is 1. The van der Waals surface area contributed by atoms with E-state index in [1.54, 1.807) is 0 Å². The van der Waals surface area contributed by atoms with Crippen LogP contribution < -0.4 is 4.74 Å². The fourth-order valence-electron chi connectivity index (χ4n) is 3.41. The number of ether oxygens (including phenoxy) is 1. The molecule has 0 spiro atoms. The summed E-state index contributed by atoms with van der Waals surface area (Å²) in [6.07, 6.45) is 4.48. The van der Waals surface area contributed by atoms with Crippen LogP contribution in [0.4, 0.5) is 0 Å². The van der Waals surface area contributed by atoms with E-state index in [0.717, 1.165) is 44.8 Å². The molecule has 0 aliphatic carbocycles. The lowest BCUT2D eigenvalue weighted by Gasteiger charge is -2.32. The Morgan fingerprint density at radius 3 is 2.74 bits per heavy atom. The highest BCUT2D eigenvalue weighted by Gasteiger charge is 2.20. The van der Waals surface area contributed by atoms with Gasteiger partial charge < -0.3 is 14.7 Å². The summed E-state index contributed by atoms with van der Waals surface area (Å²) in [6, 6.07) is 6.31. The Kier molecular flexibility index (Phi) is 6.90. The molecule has 1 fully saturated rings. The molecule has 1 N–H and O–H groups in total. The van der Waals surface area contributed by atoms with Crippen LogP contribution in [-0.4, -0.2) is 42.2 Å². The molecule has 0 saturated carbocycles. The highest BCUT2D eigenvalue weighted by Crippen LogP contribution is 2.21. The smallest absolute Gasteiger partial charge is 0.303 e. The average molecular weight is 319 g/mol. The highest BCUT2D eigenvalue weighted by molar-refractivity contribution is 5.66. The van der Waals surface area contributed by atoms with E-state index in [1.165, 1.54) is 24.0 Å². The molecule has 0 amide bonds. The van der Waals surface area contributed by atoms with Gasteiger partial charge in [-0.1, -0.05) is 6.07 Å². The SMILES string of the molecule is Cc1cc(C)cc(OCCCN2CCCC(CCC(=O)O)C2)c1. The second-order valence-electron chi connectivity index (χ2n) is 6.77. The van der Waals surface area contributed by atoms with Crippen molar-refractivity contribution >= 4 is 5.97 Å². The first kappa shape index (κ1) is 17.8. The van der Waals surface area contributed by atoms with Crippen molar-refractivity contribution in [2.45, 2.75) is 46.0 Å². The van der Waals surface area contributed by atoms with Crippen molar-refractivity contribution in [1.29, 1.82) is 0 Å². The van der Waals surface area contributed by atoms with Crippen molar-refractivity contribution in [2.24, 2.45) is 5.92 Å². The normalized spacial score (nSPS) is 18.8. The van der Waals surface area contributed by atoms with Gasteiger partial charge in [-0.3, -0.25) is 4.79 Å². The van der Waals surface area contributed by atoms with Crippen molar-refractivity contribution in [2.75, 3.05) is 26.2 Å². The number of benzene rings is 1. The van der Waals surface area contributed by atoms with E-state index in [4.69, 9.17) is 9.84 Å². The molecular weight excluding hydrogens is 290 g/mol. The van der Waals surface area contributed by atoms with Gasteiger partial charge in [-0.15, -0.1) is 0 Å². The Hall–Kier alpha value is -1.55. The molecular formula is C19H29NO3. The molecule has 23 heavy (non-hydrogen) atoms. The van der Waals surface area contributed by atoms with Gasteiger partial charge in [0, 0.05) is 19.5 Å². The quantitative estimate of drug-likeness (QED) is 0.743. The van der Waals surface area contributed by atoms with Gasteiger partial charge in [0.2, 0.25) is 0 Å². The van der Waals surface area contributed by atoms with Gasteiger partial charge in [-0.05, 0) is 75.3 Å². The maximum Gasteiger partial charge on any atom is 0.303 e. The van der Waals surface area contributed by atoms with E-state index in [0.29, 0.717) is 12.3 Å². The summed E-state index contributed by atoms with van der Waals surface area (Å²) in [5.74, 6) is 0.824. The first-order chi connectivity index (χ1) is 11.0. The number of aliphatic carboxylic acids is 1. The molecule has 1 aromatic carbocycles. The molecule has 0 radical (unpaired) electrons. The van der Waals surface area contributed by atoms with Crippen LogP contribution in [0.2, 0.25) is 0 Å². The van der Waals surface area contributed by atoms with Crippen LogP contribution in [0.1, 0.15) is 43.2 Å². The standard InChI is InChI=1S/C19H29NO3/c1-15-11-16(2)13-18(12-15)23-10-4-9-20-8-3-5-17(14-20)6-7-19(21)22/h11-13,17H,3-10,14H2,1-2H3,(H,21,22). The number of hydrogen-bond donors (Lipinski definition) is 1. The summed E-state index contributed by atoms with van der Waals surface area (Å²) in [6.45, 7) is 8.12. The molecule has 128 valence electrons. The molecule has 2 rings (SSSR count). The Bertz CT molecular complexity index is 495. The molecule has 1 aliphatic rings. The van der Waals surface area contributed by atoms with Gasteiger partial charge in [0.1, 0.15) is 5.75 Å².